The highest BCUT2D eigenvalue weighted by atomic mass is 32.2. The van der Waals surface area contributed by atoms with Crippen LogP contribution in [0.1, 0.15) is 50.3 Å². The number of nitrogens with zero attached hydrogens (tertiary/aromatic N) is 2. The van der Waals surface area contributed by atoms with E-state index in [9.17, 15) is 14.8 Å². The molecule has 0 spiro atoms. The molecule has 0 radical (unpaired) electrons. The molecule has 0 bridgehead atoms. The highest BCUT2D eigenvalue weighted by molar-refractivity contribution is 7.98. The molecule has 0 saturated heterocycles. The van der Waals surface area contributed by atoms with E-state index in [0.29, 0.717) is 19.1 Å². The van der Waals surface area contributed by atoms with Crippen LogP contribution in [0, 0.1) is 20.8 Å². The summed E-state index contributed by atoms with van der Waals surface area (Å²) in [6.07, 6.45) is 0.687. The maximum atomic E-state index is 11.8. The van der Waals surface area contributed by atoms with E-state index in [4.69, 9.17) is 15.2 Å². The van der Waals surface area contributed by atoms with Gasteiger partial charge in [-0.25, -0.2) is 9.86 Å². The van der Waals surface area contributed by atoms with Crippen molar-refractivity contribution in [2.75, 3.05) is 13.7 Å². The van der Waals surface area contributed by atoms with Crippen molar-refractivity contribution in [3.8, 4) is 5.75 Å². The second-order valence-corrected chi connectivity index (χ2v) is 8.94. The van der Waals surface area contributed by atoms with Gasteiger partial charge in [0.15, 0.2) is 0 Å². The van der Waals surface area contributed by atoms with Crippen molar-refractivity contribution in [2.45, 2.75) is 70.9 Å². The molecule has 1 aromatic rings. The van der Waals surface area contributed by atoms with E-state index in [0.717, 1.165) is 32.4 Å². The number of benzene rings is 1. The van der Waals surface area contributed by atoms with Crippen molar-refractivity contribution in [3.05, 3.63) is 22.8 Å². The van der Waals surface area contributed by atoms with E-state index >= 15 is 0 Å². The van der Waals surface area contributed by atoms with Crippen LogP contribution >= 0.6 is 11.9 Å². The molecule has 1 rings (SSSR count). The maximum absolute atomic E-state index is 11.8. The molecule has 0 fully saturated rings. The molecule has 10 heteroatoms. The van der Waals surface area contributed by atoms with Crippen LogP contribution < -0.4 is 15.8 Å². The first kappa shape index (κ1) is 26.6. The third-order valence-electron chi connectivity index (χ3n) is 4.44. The van der Waals surface area contributed by atoms with Crippen LogP contribution in [0.2, 0.25) is 0 Å². The van der Waals surface area contributed by atoms with Crippen molar-refractivity contribution in [1.82, 2.24) is 10.4 Å². The fraction of sp³-hybridized carbons (Fsp3) is 0.571. The molecular formula is C21H34N4O5S. The molecule has 0 aliphatic rings. The zero-order valence-corrected chi connectivity index (χ0v) is 20.1. The van der Waals surface area contributed by atoms with Crippen LogP contribution in [-0.2, 0) is 9.53 Å². The lowest BCUT2D eigenvalue weighted by atomic mass is 10.1. The quantitative estimate of drug-likeness (QED) is 0.170. The number of nitrogens with one attached hydrogen (secondary N) is 1. The van der Waals surface area contributed by atoms with Crippen LogP contribution in [0.3, 0.4) is 0 Å². The zero-order chi connectivity index (χ0) is 23.8. The van der Waals surface area contributed by atoms with Gasteiger partial charge >= 0.3 is 6.09 Å². The van der Waals surface area contributed by atoms with Gasteiger partial charge in [0, 0.05) is 23.4 Å². The third kappa shape index (κ3) is 8.66. The predicted molar refractivity (Wildman–Crippen MR) is 122 cm³/mol. The number of alkyl carbamates (subject to hydrolysis) is 1. The highest BCUT2D eigenvalue weighted by Gasteiger charge is 2.19. The van der Waals surface area contributed by atoms with Gasteiger partial charge in [0.25, 0.3) is 0 Å². The number of aryl methyl sites for hydroxylation is 1. The van der Waals surface area contributed by atoms with Crippen molar-refractivity contribution >= 4 is 30.3 Å². The first-order valence-electron chi connectivity index (χ1n) is 9.96. The number of methoxy groups -OCH3 is 1. The Morgan fingerprint density at radius 1 is 1.35 bits per heavy atom. The number of rotatable bonds is 9. The predicted octanol–water partition coefficient (Wildman–Crippen LogP) is 3.51. The van der Waals surface area contributed by atoms with Crippen LogP contribution in [0.5, 0.6) is 5.75 Å². The van der Waals surface area contributed by atoms with E-state index < -0.39 is 17.7 Å². The molecule has 1 unspecified atom stereocenters. The highest BCUT2D eigenvalue weighted by Crippen LogP contribution is 2.34. The van der Waals surface area contributed by atoms with E-state index in [1.54, 1.807) is 27.9 Å². The fourth-order valence-corrected chi connectivity index (χ4v) is 3.49. The standard InChI is InChI=1S/C21H34N4O5S/c1-13-11-17(29-7)14(2)15(3)18(13)31-24-19(22)25(28)10-8-9-16(12-26)23-20(27)30-21(4,5)6/h11-12,16,28H,8-10H2,1-7H3,(H2,22,24)(H,23,27). The Morgan fingerprint density at radius 2 is 2.00 bits per heavy atom. The molecule has 174 valence electrons. The molecule has 0 aliphatic heterocycles. The van der Waals surface area contributed by atoms with Crippen molar-refractivity contribution in [3.63, 3.8) is 0 Å². The minimum absolute atomic E-state index is 0.0555. The molecule has 1 atom stereocenters. The Hall–Kier alpha value is -2.46. The van der Waals surface area contributed by atoms with Gasteiger partial charge in [0.05, 0.1) is 13.2 Å². The number of carbonyl (C=O) groups excluding carboxylic acids is 2. The number of ether oxygens (including phenoxy) is 2. The number of guanidine groups is 1. The molecule has 1 aromatic carbocycles. The number of hydrogen-bond acceptors (Lipinski definition) is 7. The fourth-order valence-electron chi connectivity index (χ4n) is 2.72. The minimum atomic E-state index is -0.719. The van der Waals surface area contributed by atoms with Crippen LogP contribution in [0.4, 0.5) is 4.79 Å². The Kier molecular flexibility index (Phi) is 10.1. The number of carbonyl (C=O) groups is 2. The van der Waals surface area contributed by atoms with Crippen LogP contribution in [-0.4, -0.2) is 53.9 Å². The lowest BCUT2D eigenvalue weighted by Gasteiger charge is -2.22. The second kappa shape index (κ2) is 11.8. The number of hydrogen-bond donors (Lipinski definition) is 3. The van der Waals surface area contributed by atoms with E-state index in [-0.39, 0.29) is 12.5 Å². The van der Waals surface area contributed by atoms with Crippen molar-refractivity contribution in [2.24, 2.45) is 10.1 Å². The number of nitrogens with two attached hydrogens (primary N) is 1. The monoisotopic (exact) mass is 454 g/mol. The lowest BCUT2D eigenvalue weighted by molar-refractivity contribution is -0.109. The molecule has 0 aliphatic carbocycles. The van der Waals surface area contributed by atoms with Gasteiger partial charge in [-0.3, -0.25) is 5.21 Å². The van der Waals surface area contributed by atoms with E-state index in [1.807, 2.05) is 26.8 Å². The van der Waals surface area contributed by atoms with Gasteiger partial charge in [-0.05, 0) is 77.1 Å². The van der Waals surface area contributed by atoms with Gasteiger partial charge in [-0.1, -0.05) is 0 Å². The van der Waals surface area contributed by atoms with Gasteiger partial charge in [-0.2, -0.15) is 4.40 Å². The Labute approximate surface area is 188 Å². The second-order valence-electron chi connectivity index (χ2n) is 8.17. The first-order chi connectivity index (χ1) is 14.4. The summed E-state index contributed by atoms with van der Waals surface area (Å²) in [5.41, 5.74) is 8.27. The average molecular weight is 455 g/mol. The Balaban J connectivity index is 2.61. The molecule has 0 heterocycles. The molecule has 9 nitrogen and oxygen atoms in total. The maximum Gasteiger partial charge on any atom is 0.408 e. The SMILES string of the molecule is COc1cc(C)c(S/N=C(/N)N(O)CCCC(C=O)NC(=O)OC(C)(C)C)c(C)c1C. The lowest BCUT2D eigenvalue weighted by Crippen LogP contribution is -2.41. The molecule has 1 amide bonds. The van der Waals surface area contributed by atoms with Crippen LogP contribution in [0.15, 0.2) is 15.4 Å². The molecule has 0 saturated carbocycles. The van der Waals surface area contributed by atoms with Crippen molar-refractivity contribution in [1.29, 1.82) is 0 Å². The summed E-state index contributed by atoms with van der Waals surface area (Å²) in [7, 11) is 1.63. The normalized spacial score (nSPS) is 12.8. The average Bonchev–Trinajstić information content (AvgIpc) is 2.67. The number of amides is 1. The van der Waals surface area contributed by atoms with Gasteiger partial charge in [0.1, 0.15) is 17.6 Å². The molecule has 4 N–H and O–H groups in total. The smallest absolute Gasteiger partial charge is 0.408 e. The number of hydroxylamine groups is 2. The van der Waals surface area contributed by atoms with Crippen LogP contribution in [0.25, 0.3) is 0 Å². The summed E-state index contributed by atoms with van der Waals surface area (Å²) in [6, 6.07) is 1.22. The molecule has 31 heavy (non-hydrogen) atoms. The van der Waals surface area contributed by atoms with E-state index in [1.165, 1.54) is 11.9 Å². The van der Waals surface area contributed by atoms with Gasteiger partial charge < -0.3 is 25.3 Å². The minimum Gasteiger partial charge on any atom is -0.496 e. The first-order valence-corrected chi connectivity index (χ1v) is 10.7. The van der Waals surface area contributed by atoms with Crippen molar-refractivity contribution < 1.29 is 24.3 Å². The summed E-state index contributed by atoms with van der Waals surface area (Å²) in [5, 5.41) is 13.5. The molecule has 0 aromatic heterocycles. The van der Waals surface area contributed by atoms with E-state index in [2.05, 4.69) is 9.71 Å². The largest absolute Gasteiger partial charge is 0.496 e. The topological polar surface area (TPSA) is 126 Å². The zero-order valence-electron chi connectivity index (χ0n) is 19.3. The Bertz CT molecular complexity index is 808. The summed E-state index contributed by atoms with van der Waals surface area (Å²) in [6.45, 7) is 11.3. The molecular weight excluding hydrogens is 420 g/mol. The van der Waals surface area contributed by atoms with Gasteiger partial charge in [-0.15, -0.1) is 0 Å². The van der Waals surface area contributed by atoms with Gasteiger partial charge in [0.2, 0.25) is 5.96 Å². The summed E-state index contributed by atoms with van der Waals surface area (Å²) < 4.78 is 14.7. The Morgan fingerprint density at radius 3 is 2.55 bits per heavy atom. The number of aldehydes is 1. The summed E-state index contributed by atoms with van der Waals surface area (Å²) >= 11 is 1.18. The summed E-state index contributed by atoms with van der Waals surface area (Å²) in [5.74, 6) is 0.754. The summed E-state index contributed by atoms with van der Waals surface area (Å²) in [4.78, 5) is 23.9. The third-order valence-corrected chi connectivity index (χ3v) is 5.53.